The van der Waals surface area contributed by atoms with Gasteiger partial charge in [0.05, 0.1) is 0 Å². The average Bonchev–Trinajstić information content (AvgIpc) is 2.59. The summed E-state index contributed by atoms with van der Waals surface area (Å²) in [6.07, 6.45) is 2.58. The van der Waals surface area contributed by atoms with Gasteiger partial charge in [0.15, 0.2) is 0 Å². The zero-order valence-electron chi connectivity index (χ0n) is 14.3. The molecule has 0 bridgehead atoms. The van der Waals surface area contributed by atoms with E-state index >= 15 is 0 Å². The molecule has 1 aliphatic heterocycles. The van der Waals surface area contributed by atoms with Gasteiger partial charge < -0.3 is 0 Å². The summed E-state index contributed by atoms with van der Waals surface area (Å²) < 4.78 is 0. The number of aryl methyl sites for hydroxylation is 1. The second kappa shape index (κ2) is 8.75. The summed E-state index contributed by atoms with van der Waals surface area (Å²) in [4.78, 5) is 2.59. The molecule has 22 heavy (non-hydrogen) atoms. The Bertz CT molecular complexity index is 539. The van der Waals surface area contributed by atoms with Crippen LogP contribution in [0.4, 0.5) is 0 Å². The molecule has 0 aromatic heterocycles. The average molecular weight is 295 g/mol. The van der Waals surface area contributed by atoms with Crippen molar-refractivity contribution in [1.29, 1.82) is 0 Å². The molecule has 0 spiro atoms. The Hall–Kier alpha value is -1.60. The first kappa shape index (κ1) is 16.8. The largest absolute Gasteiger partial charge is 0.299 e. The molecular formula is C21H29N. The van der Waals surface area contributed by atoms with E-state index in [0.717, 1.165) is 12.5 Å². The van der Waals surface area contributed by atoms with Gasteiger partial charge in [0, 0.05) is 6.54 Å². The zero-order chi connectivity index (χ0) is 15.8. The van der Waals surface area contributed by atoms with Gasteiger partial charge in [-0.15, -0.1) is 0 Å². The maximum Gasteiger partial charge on any atom is 0.0233 e. The second-order valence-corrected chi connectivity index (χ2v) is 5.89. The SMILES string of the molecule is CC.Cc1ccccc1C1CCN(Cc2ccccc2)CC1. The van der Waals surface area contributed by atoms with Crippen LogP contribution in [0.1, 0.15) is 49.3 Å². The van der Waals surface area contributed by atoms with Crippen molar-refractivity contribution in [2.24, 2.45) is 0 Å². The standard InChI is InChI=1S/C19H23N.C2H6/c1-16-7-5-6-10-19(16)18-11-13-20(14-12-18)15-17-8-3-2-4-9-17;1-2/h2-10,18H,11-15H2,1H3;1-2H3. The van der Waals surface area contributed by atoms with Crippen molar-refractivity contribution in [2.75, 3.05) is 13.1 Å². The first-order valence-electron chi connectivity index (χ1n) is 8.65. The summed E-state index contributed by atoms with van der Waals surface area (Å²) in [7, 11) is 0. The Labute approximate surface area is 136 Å². The number of benzene rings is 2. The molecule has 118 valence electrons. The lowest BCUT2D eigenvalue weighted by atomic mass is 9.87. The Morgan fingerprint density at radius 2 is 1.45 bits per heavy atom. The van der Waals surface area contributed by atoms with Gasteiger partial charge in [-0.1, -0.05) is 68.4 Å². The van der Waals surface area contributed by atoms with Crippen molar-refractivity contribution in [3.8, 4) is 0 Å². The molecule has 0 N–H and O–H groups in total. The minimum absolute atomic E-state index is 0.753. The molecule has 1 nitrogen and oxygen atoms in total. The third-order valence-corrected chi connectivity index (χ3v) is 4.46. The molecule has 2 aromatic carbocycles. The van der Waals surface area contributed by atoms with Crippen LogP contribution in [0.15, 0.2) is 54.6 Å². The highest BCUT2D eigenvalue weighted by molar-refractivity contribution is 5.29. The maximum atomic E-state index is 2.59. The smallest absolute Gasteiger partial charge is 0.0233 e. The minimum atomic E-state index is 0.753. The van der Waals surface area contributed by atoms with Crippen molar-refractivity contribution in [3.05, 3.63) is 71.3 Å². The van der Waals surface area contributed by atoms with E-state index < -0.39 is 0 Å². The maximum absolute atomic E-state index is 2.59. The van der Waals surface area contributed by atoms with Crippen molar-refractivity contribution in [3.63, 3.8) is 0 Å². The lowest BCUT2D eigenvalue weighted by Gasteiger charge is -2.32. The van der Waals surface area contributed by atoms with Gasteiger partial charge in [-0.2, -0.15) is 0 Å². The lowest BCUT2D eigenvalue weighted by molar-refractivity contribution is 0.204. The van der Waals surface area contributed by atoms with Crippen LogP contribution in [0.5, 0.6) is 0 Å². The molecule has 0 radical (unpaired) electrons. The number of piperidine rings is 1. The predicted octanol–water partition coefficient (Wildman–Crippen LogP) is 5.40. The van der Waals surface area contributed by atoms with E-state index in [4.69, 9.17) is 0 Å². The van der Waals surface area contributed by atoms with Gasteiger partial charge in [0.2, 0.25) is 0 Å². The van der Waals surface area contributed by atoms with Crippen LogP contribution in [-0.2, 0) is 6.54 Å². The van der Waals surface area contributed by atoms with Crippen LogP contribution < -0.4 is 0 Å². The van der Waals surface area contributed by atoms with Gasteiger partial charge in [0.1, 0.15) is 0 Å². The predicted molar refractivity (Wildman–Crippen MR) is 96.2 cm³/mol. The molecule has 1 heterocycles. The van der Waals surface area contributed by atoms with E-state index in [2.05, 4.69) is 66.4 Å². The van der Waals surface area contributed by atoms with Gasteiger partial charge in [-0.3, -0.25) is 4.90 Å². The Morgan fingerprint density at radius 1 is 0.864 bits per heavy atom. The topological polar surface area (TPSA) is 3.24 Å². The van der Waals surface area contributed by atoms with E-state index in [0.29, 0.717) is 0 Å². The summed E-state index contributed by atoms with van der Waals surface area (Å²) in [5, 5.41) is 0. The molecular weight excluding hydrogens is 266 g/mol. The summed E-state index contributed by atoms with van der Waals surface area (Å²) >= 11 is 0. The van der Waals surface area contributed by atoms with Crippen molar-refractivity contribution < 1.29 is 0 Å². The molecule has 1 fully saturated rings. The molecule has 2 aromatic rings. The normalized spacial score (nSPS) is 16.0. The number of hydrogen-bond donors (Lipinski definition) is 0. The summed E-state index contributed by atoms with van der Waals surface area (Å²) in [6, 6.07) is 19.7. The van der Waals surface area contributed by atoms with Crippen LogP contribution in [0.2, 0.25) is 0 Å². The van der Waals surface area contributed by atoms with E-state index in [-0.39, 0.29) is 0 Å². The van der Waals surface area contributed by atoms with Crippen LogP contribution in [0, 0.1) is 6.92 Å². The second-order valence-electron chi connectivity index (χ2n) is 5.89. The van der Waals surface area contributed by atoms with Gasteiger partial charge >= 0.3 is 0 Å². The minimum Gasteiger partial charge on any atom is -0.299 e. The quantitative estimate of drug-likeness (QED) is 0.732. The third-order valence-electron chi connectivity index (χ3n) is 4.46. The summed E-state index contributed by atoms with van der Waals surface area (Å²) in [5.74, 6) is 0.753. The van der Waals surface area contributed by atoms with Gasteiger partial charge in [0.25, 0.3) is 0 Å². The van der Waals surface area contributed by atoms with Crippen LogP contribution in [0.3, 0.4) is 0 Å². The first-order valence-corrected chi connectivity index (χ1v) is 8.65. The Balaban J connectivity index is 0.000000847. The van der Waals surface area contributed by atoms with E-state index in [1.807, 2.05) is 13.8 Å². The Kier molecular flexibility index (Phi) is 6.67. The highest BCUT2D eigenvalue weighted by atomic mass is 15.1. The molecule has 1 heteroatoms. The zero-order valence-corrected chi connectivity index (χ0v) is 14.3. The van der Waals surface area contributed by atoms with E-state index in [9.17, 15) is 0 Å². The number of likely N-dealkylation sites (tertiary alicyclic amines) is 1. The fourth-order valence-electron chi connectivity index (χ4n) is 3.29. The molecule has 0 atom stereocenters. The molecule has 1 aliphatic rings. The number of nitrogens with zero attached hydrogens (tertiary/aromatic N) is 1. The van der Waals surface area contributed by atoms with Gasteiger partial charge in [-0.25, -0.2) is 0 Å². The van der Waals surface area contributed by atoms with Crippen molar-refractivity contribution in [1.82, 2.24) is 4.90 Å². The van der Waals surface area contributed by atoms with Crippen molar-refractivity contribution >= 4 is 0 Å². The summed E-state index contributed by atoms with van der Waals surface area (Å²) in [5.41, 5.74) is 4.45. The number of hydrogen-bond acceptors (Lipinski definition) is 1. The van der Waals surface area contributed by atoms with Crippen molar-refractivity contribution in [2.45, 2.75) is 46.1 Å². The third kappa shape index (κ3) is 4.45. The van der Waals surface area contributed by atoms with Crippen LogP contribution >= 0.6 is 0 Å². The van der Waals surface area contributed by atoms with E-state index in [1.165, 1.54) is 37.1 Å². The molecule has 0 saturated carbocycles. The van der Waals surface area contributed by atoms with E-state index in [1.54, 1.807) is 5.56 Å². The monoisotopic (exact) mass is 295 g/mol. The molecule has 3 rings (SSSR count). The molecule has 0 amide bonds. The van der Waals surface area contributed by atoms with Gasteiger partial charge in [-0.05, 0) is 55.5 Å². The molecule has 1 saturated heterocycles. The lowest BCUT2D eigenvalue weighted by Crippen LogP contribution is -2.32. The summed E-state index contributed by atoms with van der Waals surface area (Å²) in [6.45, 7) is 9.77. The highest BCUT2D eigenvalue weighted by Gasteiger charge is 2.21. The number of rotatable bonds is 3. The molecule has 0 unspecified atom stereocenters. The molecule has 0 aliphatic carbocycles. The first-order chi connectivity index (χ1) is 10.8. The Morgan fingerprint density at radius 3 is 2.09 bits per heavy atom. The fourth-order valence-corrected chi connectivity index (χ4v) is 3.29. The highest BCUT2D eigenvalue weighted by Crippen LogP contribution is 2.30. The fraction of sp³-hybridized carbons (Fsp3) is 0.429. The van der Waals surface area contributed by atoms with Crippen LogP contribution in [0.25, 0.3) is 0 Å². The van der Waals surface area contributed by atoms with Crippen LogP contribution in [-0.4, -0.2) is 18.0 Å².